The van der Waals surface area contributed by atoms with Crippen molar-refractivity contribution in [2.75, 3.05) is 6.54 Å². The fraction of sp³-hybridized carbons (Fsp3) is 0.143. The fourth-order valence-corrected chi connectivity index (χ4v) is 1.78. The number of nitrogens with zero attached hydrogens (tertiary/aromatic N) is 2. The van der Waals surface area contributed by atoms with Crippen molar-refractivity contribution in [2.45, 2.75) is 6.42 Å². The predicted octanol–water partition coefficient (Wildman–Crippen LogP) is 2.90. The summed E-state index contributed by atoms with van der Waals surface area (Å²) in [6.45, 7) is 0.609. The molecule has 2 rings (SSSR count). The molecule has 0 fully saturated rings. The lowest BCUT2D eigenvalue weighted by atomic mass is 10.1. The first-order chi connectivity index (χ1) is 9.24. The monoisotopic (exact) mass is 273 g/mol. The fourth-order valence-electron chi connectivity index (χ4n) is 1.58. The maximum absolute atomic E-state index is 8.87. The van der Waals surface area contributed by atoms with Gasteiger partial charge in [-0.1, -0.05) is 23.7 Å². The maximum Gasteiger partial charge on any atom is 0.239 e. The quantitative estimate of drug-likeness (QED) is 0.930. The Balaban J connectivity index is 2.19. The van der Waals surface area contributed by atoms with Crippen molar-refractivity contribution < 1.29 is 4.74 Å². The van der Waals surface area contributed by atoms with E-state index < -0.39 is 0 Å². The minimum absolute atomic E-state index is 0.219. The van der Waals surface area contributed by atoms with E-state index in [1.165, 1.54) is 6.20 Å². The van der Waals surface area contributed by atoms with Gasteiger partial charge >= 0.3 is 0 Å². The van der Waals surface area contributed by atoms with Crippen molar-refractivity contribution in [3.63, 3.8) is 0 Å². The second kappa shape index (κ2) is 6.19. The van der Waals surface area contributed by atoms with Gasteiger partial charge in [0.25, 0.3) is 0 Å². The zero-order valence-electron chi connectivity index (χ0n) is 10.1. The summed E-state index contributed by atoms with van der Waals surface area (Å²) >= 11 is 6.01. The van der Waals surface area contributed by atoms with Crippen LogP contribution in [-0.4, -0.2) is 11.5 Å². The number of benzene rings is 1. The van der Waals surface area contributed by atoms with Crippen LogP contribution in [0.3, 0.4) is 0 Å². The predicted molar refractivity (Wildman–Crippen MR) is 73.2 cm³/mol. The van der Waals surface area contributed by atoms with Gasteiger partial charge in [-0.05, 0) is 36.7 Å². The van der Waals surface area contributed by atoms with E-state index >= 15 is 0 Å². The number of hydrogen-bond donors (Lipinski definition) is 1. The summed E-state index contributed by atoms with van der Waals surface area (Å²) in [4.78, 5) is 4.02. The van der Waals surface area contributed by atoms with E-state index in [0.717, 1.165) is 12.0 Å². The lowest BCUT2D eigenvalue weighted by molar-refractivity contribution is 0.463. The number of nitriles is 1. The van der Waals surface area contributed by atoms with Gasteiger partial charge in [-0.2, -0.15) is 5.26 Å². The zero-order chi connectivity index (χ0) is 13.7. The van der Waals surface area contributed by atoms with Crippen molar-refractivity contribution in [1.82, 2.24) is 4.98 Å². The van der Waals surface area contributed by atoms with Crippen molar-refractivity contribution in [1.29, 1.82) is 5.26 Å². The molecular formula is C14H12ClN3O. The number of aromatic nitrogens is 1. The van der Waals surface area contributed by atoms with Crippen LogP contribution in [0.5, 0.6) is 11.6 Å². The molecule has 2 aromatic rings. The number of nitrogens with two attached hydrogens (primary N) is 1. The van der Waals surface area contributed by atoms with E-state index in [9.17, 15) is 0 Å². The summed E-state index contributed by atoms with van der Waals surface area (Å²) < 4.78 is 5.56. The molecule has 0 aliphatic rings. The molecule has 0 bridgehead atoms. The van der Waals surface area contributed by atoms with Gasteiger partial charge in [0.05, 0.1) is 5.56 Å². The van der Waals surface area contributed by atoms with Crippen molar-refractivity contribution in [2.24, 2.45) is 5.73 Å². The third-order valence-electron chi connectivity index (χ3n) is 2.55. The molecule has 96 valence electrons. The normalized spacial score (nSPS) is 9.95. The van der Waals surface area contributed by atoms with E-state index in [2.05, 4.69) is 4.98 Å². The highest BCUT2D eigenvalue weighted by Gasteiger charge is 2.09. The molecule has 0 saturated carbocycles. The Morgan fingerprint density at radius 1 is 1.26 bits per heavy atom. The highest BCUT2D eigenvalue weighted by atomic mass is 35.5. The average molecular weight is 274 g/mol. The van der Waals surface area contributed by atoms with Crippen molar-refractivity contribution >= 4 is 11.6 Å². The minimum atomic E-state index is 0.219. The van der Waals surface area contributed by atoms with Crippen LogP contribution in [0.15, 0.2) is 36.5 Å². The number of pyridine rings is 1. The van der Waals surface area contributed by atoms with E-state index in [0.29, 0.717) is 17.9 Å². The summed E-state index contributed by atoms with van der Waals surface area (Å²) in [6.07, 6.45) is 2.31. The molecule has 5 heteroatoms. The van der Waals surface area contributed by atoms with Gasteiger partial charge in [0.2, 0.25) is 5.88 Å². The second-order valence-corrected chi connectivity index (χ2v) is 4.25. The van der Waals surface area contributed by atoms with Gasteiger partial charge in [0, 0.05) is 6.20 Å². The van der Waals surface area contributed by atoms with Crippen LogP contribution in [0.4, 0.5) is 0 Å². The van der Waals surface area contributed by atoms with Crippen LogP contribution in [0, 0.1) is 11.3 Å². The summed E-state index contributed by atoms with van der Waals surface area (Å²) in [5, 5.41) is 9.09. The molecule has 0 unspecified atom stereocenters. The third-order valence-corrected chi connectivity index (χ3v) is 2.91. The Bertz CT molecular complexity index is 605. The van der Waals surface area contributed by atoms with Gasteiger partial charge in [-0.15, -0.1) is 0 Å². The Morgan fingerprint density at radius 2 is 2.00 bits per heavy atom. The number of halogens is 1. The van der Waals surface area contributed by atoms with Gasteiger partial charge in [0.15, 0.2) is 0 Å². The highest BCUT2D eigenvalue weighted by molar-refractivity contribution is 6.33. The van der Waals surface area contributed by atoms with Crippen molar-refractivity contribution in [3.8, 4) is 17.7 Å². The van der Waals surface area contributed by atoms with Crippen molar-refractivity contribution in [3.05, 3.63) is 52.7 Å². The molecule has 0 saturated heterocycles. The average Bonchev–Trinajstić information content (AvgIpc) is 2.43. The zero-order valence-corrected chi connectivity index (χ0v) is 10.9. The minimum Gasteiger partial charge on any atom is -0.437 e. The summed E-state index contributed by atoms with van der Waals surface area (Å²) in [5.41, 5.74) is 6.96. The standard InChI is InChI=1S/C14H12ClN3O/c15-13-11(9-17)6-8-18-14(13)19-12-3-1-10(2-4-12)5-7-16/h1-4,6,8H,5,7,16H2. The molecule has 1 heterocycles. The smallest absolute Gasteiger partial charge is 0.239 e. The second-order valence-electron chi connectivity index (χ2n) is 3.87. The Morgan fingerprint density at radius 3 is 2.63 bits per heavy atom. The van der Waals surface area contributed by atoms with Crippen LogP contribution in [0.2, 0.25) is 5.02 Å². The van der Waals surface area contributed by atoms with Crippen LogP contribution in [0.25, 0.3) is 0 Å². The largest absolute Gasteiger partial charge is 0.437 e. The topological polar surface area (TPSA) is 71.9 Å². The first kappa shape index (κ1) is 13.3. The SMILES string of the molecule is N#Cc1ccnc(Oc2ccc(CCN)cc2)c1Cl. The van der Waals surface area contributed by atoms with E-state index in [4.69, 9.17) is 27.3 Å². The summed E-state index contributed by atoms with van der Waals surface area (Å²) in [7, 11) is 0. The van der Waals surface area contributed by atoms with Gasteiger partial charge in [-0.25, -0.2) is 4.98 Å². The molecular weight excluding hydrogens is 262 g/mol. The summed E-state index contributed by atoms with van der Waals surface area (Å²) in [6, 6.07) is 11.0. The molecule has 0 radical (unpaired) electrons. The van der Waals surface area contributed by atoms with Crippen LogP contribution in [0.1, 0.15) is 11.1 Å². The molecule has 19 heavy (non-hydrogen) atoms. The maximum atomic E-state index is 8.87. The van der Waals surface area contributed by atoms with Gasteiger partial charge < -0.3 is 10.5 Å². The molecule has 4 nitrogen and oxygen atoms in total. The molecule has 1 aromatic heterocycles. The lowest BCUT2D eigenvalue weighted by Crippen LogP contribution is -2.02. The van der Waals surface area contributed by atoms with E-state index in [-0.39, 0.29) is 10.9 Å². The molecule has 0 amide bonds. The Hall–Kier alpha value is -2.09. The molecule has 2 N–H and O–H groups in total. The van der Waals surface area contributed by atoms with E-state index in [1.807, 2.05) is 30.3 Å². The van der Waals surface area contributed by atoms with Crippen LogP contribution >= 0.6 is 11.6 Å². The molecule has 0 aliphatic carbocycles. The molecule has 1 aromatic carbocycles. The lowest BCUT2D eigenvalue weighted by Gasteiger charge is -2.07. The van der Waals surface area contributed by atoms with Gasteiger partial charge in [-0.3, -0.25) is 0 Å². The Kier molecular flexibility index (Phi) is 4.35. The van der Waals surface area contributed by atoms with E-state index in [1.54, 1.807) is 6.07 Å². The highest BCUT2D eigenvalue weighted by Crippen LogP contribution is 2.29. The number of hydrogen-bond acceptors (Lipinski definition) is 4. The number of ether oxygens (including phenoxy) is 1. The third kappa shape index (κ3) is 3.22. The van der Waals surface area contributed by atoms with Crippen LogP contribution in [-0.2, 0) is 6.42 Å². The summed E-state index contributed by atoms with van der Waals surface area (Å²) in [5.74, 6) is 0.845. The number of rotatable bonds is 4. The van der Waals surface area contributed by atoms with Gasteiger partial charge in [0.1, 0.15) is 16.8 Å². The Labute approximate surface area is 116 Å². The first-order valence-corrected chi connectivity index (χ1v) is 6.14. The molecule has 0 spiro atoms. The molecule has 0 aliphatic heterocycles. The first-order valence-electron chi connectivity index (χ1n) is 5.76. The van der Waals surface area contributed by atoms with Crippen LogP contribution < -0.4 is 10.5 Å². The molecule has 0 atom stereocenters.